The fourth-order valence-corrected chi connectivity index (χ4v) is 3.06. The number of carbonyl (C=O) groups is 2. The minimum absolute atomic E-state index is 0.0390. The number of aromatic nitrogens is 3. The fraction of sp³-hybridized carbons (Fsp3) is 0.190. The van der Waals surface area contributed by atoms with Crippen LogP contribution in [0.3, 0.4) is 0 Å². The number of Topliss-reactive ketones (excluding diaryl/α,β-unsaturated/α-hetero) is 1. The second kappa shape index (κ2) is 8.01. The lowest BCUT2D eigenvalue weighted by molar-refractivity contribution is -0.142. The summed E-state index contributed by atoms with van der Waals surface area (Å²) in [6.45, 7) is 2.82. The summed E-state index contributed by atoms with van der Waals surface area (Å²) in [7, 11) is 0. The number of oxime groups is 1. The Morgan fingerprint density at radius 3 is 2.32 bits per heavy atom. The average molecular weight is 479 g/mol. The van der Waals surface area contributed by atoms with E-state index in [1.54, 1.807) is 0 Å². The van der Waals surface area contributed by atoms with E-state index in [0.29, 0.717) is 10.7 Å². The number of alkyl halides is 3. The number of carbonyl (C=O) groups excluding carboxylic acids is 2. The molecule has 34 heavy (non-hydrogen) atoms. The molecule has 0 aliphatic carbocycles. The number of nitrogens with one attached hydrogen (secondary N) is 1. The number of halogens is 5. The van der Waals surface area contributed by atoms with Crippen molar-refractivity contribution in [1.82, 2.24) is 14.8 Å². The first kappa shape index (κ1) is 23.0. The molecule has 0 fully saturated rings. The van der Waals surface area contributed by atoms with E-state index in [2.05, 4.69) is 20.6 Å². The van der Waals surface area contributed by atoms with Crippen LogP contribution >= 0.6 is 0 Å². The summed E-state index contributed by atoms with van der Waals surface area (Å²) in [6.07, 6.45) is -3.88. The molecule has 3 aromatic rings. The zero-order valence-corrected chi connectivity index (χ0v) is 17.4. The number of hydrogen-bond acceptors (Lipinski definition) is 6. The summed E-state index contributed by atoms with van der Waals surface area (Å²) in [5, 5.41) is 9.59. The van der Waals surface area contributed by atoms with Crippen LogP contribution in [-0.2, 0) is 15.8 Å². The molecule has 176 valence electrons. The van der Waals surface area contributed by atoms with Gasteiger partial charge in [0.05, 0.1) is 11.9 Å². The number of anilines is 1. The number of nitrogens with zero attached hydrogens (tertiary/aromatic N) is 4. The average Bonchev–Trinajstić information content (AvgIpc) is 3.30. The Bertz CT molecular complexity index is 1310. The molecule has 0 radical (unpaired) electrons. The van der Waals surface area contributed by atoms with Crippen LogP contribution in [0.5, 0.6) is 0 Å². The molecule has 4 rings (SSSR count). The van der Waals surface area contributed by atoms with Crippen LogP contribution in [-0.4, -0.2) is 37.8 Å². The number of pyridine rings is 1. The lowest BCUT2D eigenvalue weighted by Gasteiger charge is -2.11. The molecule has 0 saturated heterocycles. The monoisotopic (exact) mass is 479 g/mol. The number of ketones is 1. The van der Waals surface area contributed by atoms with Crippen LogP contribution in [0, 0.1) is 11.6 Å². The summed E-state index contributed by atoms with van der Waals surface area (Å²) in [4.78, 5) is 33.3. The van der Waals surface area contributed by atoms with Gasteiger partial charge in [-0.15, -0.1) is 0 Å². The zero-order valence-electron chi connectivity index (χ0n) is 17.4. The van der Waals surface area contributed by atoms with Gasteiger partial charge in [0.2, 0.25) is 5.78 Å². The van der Waals surface area contributed by atoms with Crippen LogP contribution in [0.2, 0.25) is 0 Å². The highest BCUT2D eigenvalue weighted by Gasteiger charge is 2.43. The molecule has 0 saturated carbocycles. The van der Waals surface area contributed by atoms with E-state index in [-0.39, 0.29) is 22.9 Å². The molecule has 0 unspecified atom stereocenters. The maximum absolute atomic E-state index is 13.8. The van der Waals surface area contributed by atoms with Crippen molar-refractivity contribution in [3.8, 4) is 5.82 Å². The van der Waals surface area contributed by atoms with Crippen molar-refractivity contribution in [3.63, 3.8) is 0 Å². The lowest BCUT2D eigenvalue weighted by atomic mass is 9.99. The van der Waals surface area contributed by atoms with E-state index in [1.165, 1.54) is 19.9 Å². The first-order valence-electron chi connectivity index (χ1n) is 9.59. The second-order valence-electron chi connectivity index (χ2n) is 7.65. The number of amides is 1. The third-order valence-electron chi connectivity index (χ3n) is 4.78. The van der Waals surface area contributed by atoms with Gasteiger partial charge in [0.25, 0.3) is 5.91 Å². The van der Waals surface area contributed by atoms with Gasteiger partial charge in [-0.3, -0.25) is 9.59 Å². The van der Waals surface area contributed by atoms with Gasteiger partial charge in [0.1, 0.15) is 22.9 Å². The van der Waals surface area contributed by atoms with Gasteiger partial charge in [-0.05, 0) is 44.2 Å². The molecule has 0 bridgehead atoms. The first-order chi connectivity index (χ1) is 15.9. The van der Waals surface area contributed by atoms with Crippen molar-refractivity contribution in [1.29, 1.82) is 0 Å². The van der Waals surface area contributed by atoms with Crippen LogP contribution in [0.1, 0.15) is 35.6 Å². The molecule has 2 aromatic heterocycles. The van der Waals surface area contributed by atoms with Gasteiger partial charge in [-0.2, -0.15) is 18.3 Å². The first-order valence-corrected chi connectivity index (χ1v) is 9.59. The molecule has 1 aromatic carbocycles. The van der Waals surface area contributed by atoms with E-state index in [4.69, 9.17) is 4.84 Å². The number of rotatable bonds is 4. The van der Waals surface area contributed by atoms with Gasteiger partial charge >= 0.3 is 6.18 Å². The van der Waals surface area contributed by atoms with Crippen molar-refractivity contribution in [3.05, 3.63) is 71.2 Å². The Balaban J connectivity index is 1.64. The van der Waals surface area contributed by atoms with E-state index in [0.717, 1.165) is 30.5 Å². The Labute approximate surface area is 188 Å². The third-order valence-corrected chi connectivity index (χ3v) is 4.78. The molecule has 1 aliphatic rings. The summed E-state index contributed by atoms with van der Waals surface area (Å²) >= 11 is 0. The summed E-state index contributed by atoms with van der Waals surface area (Å²) < 4.78 is 68.9. The van der Waals surface area contributed by atoms with E-state index in [1.807, 2.05) is 0 Å². The van der Waals surface area contributed by atoms with Crippen LogP contribution < -0.4 is 5.32 Å². The van der Waals surface area contributed by atoms with Crippen molar-refractivity contribution in [2.75, 3.05) is 5.32 Å². The van der Waals surface area contributed by atoms with Crippen molar-refractivity contribution < 1.29 is 36.4 Å². The molecule has 8 nitrogen and oxygen atoms in total. The predicted molar refractivity (Wildman–Crippen MR) is 107 cm³/mol. The van der Waals surface area contributed by atoms with Crippen molar-refractivity contribution in [2.24, 2.45) is 5.16 Å². The summed E-state index contributed by atoms with van der Waals surface area (Å²) in [5.74, 6) is -4.23. The Morgan fingerprint density at radius 1 is 1.12 bits per heavy atom. The van der Waals surface area contributed by atoms with Crippen molar-refractivity contribution in [2.45, 2.75) is 25.6 Å². The highest BCUT2D eigenvalue weighted by Crippen LogP contribution is 2.33. The molecule has 3 heterocycles. The van der Waals surface area contributed by atoms with Crippen LogP contribution in [0.15, 0.2) is 47.8 Å². The summed E-state index contributed by atoms with van der Waals surface area (Å²) in [5.41, 5.74) is -4.17. The topological polar surface area (TPSA) is 98.5 Å². The smallest absolute Gasteiger partial charge is 0.381 e. The van der Waals surface area contributed by atoms with Gasteiger partial charge in [-0.25, -0.2) is 18.4 Å². The highest BCUT2D eigenvalue weighted by molar-refractivity contribution is 6.48. The SMILES string of the molecule is CC1(C)ON=C(c2cc(C(F)(F)F)n(-c3ccc(NC(=O)c4c(F)cccc4F)cn3)n2)C1=O. The van der Waals surface area contributed by atoms with Crippen LogP contribution in [0.4, 0.5) is 27.6 Å². The van der Waals surface area contributed by atoms with Crippen LogP contribution in [0.25, 0.3) is 5.82 Å². The standard InChI is InChI=1S/C21H14F5N5O3/c1-20(2)18(32)17(30-34-20)13-8-14(21(24,25)26)31(29-13)15-7-6-10(9-27-15)28-19(33)16-11(22)4-3-5-12(16)23/h3-9H,1-2H3,(H,28,33). The normalized spacial score (nSPS) is 15.1. The van der Waals surface area contributed by atoms with Crippen molar-refractivity contribution >= 4 is 23.1 Å². The maximum Gasteiger partial charge on any atom is 0.433 e. The molecule has 1 aliphatic heterocycles. The second-order valence-corrected chi connectivity index (χ2v) is 7.65. The Hall–Kier alpha value is -4.16. The van der Waals surface area contributed by atoms with Gasteiger partial charge < -0.3 is 10.2 Å². The van der Waals surface area contributed by atoms with Gasteiger partial charge in [-0.1, -0.05) is 11.2 Å². The fourth-order valence-electron chi connectivity index (χ4n) is 3.06. The zero-order chi connectivity index (χ0) is 24.8. The Kier molecular flexibility index (Phi) is 5.42. The predicted octanol–water partition coefficient (Wildman–Crippen LogP) is 3.90. The third kappa shape index (κ3) is 4.11. The minimum Gasteiger partial charge on any atom is -0.381 e. The van der Waals surface area contributed by atoms with Gasteiger partial charge in [0.15, 0.2) is 22.8 Å². The number of hydrogen-bond donors (Lipinski definition) is 1. The van der Waals surface area contributed by atoms with E-state index in [9.17, 15) is 31.5 Å². The molecule has 0 spiro atoms. The quantitative estimate of drug-likeness (QED) is 0.573. The molecule has 1 N–H and O–H groups in total. The van der Waals surface area contributed by atoms with E-state index >= 15 is 0 Å². The molecular formula is C21H14F5N5O3. The minimum atomic E-state index is -4.86. The molecule has 0 atom stereocenters. The lowest BCUT2D eigenvalue weighted by Crippen LogP contribution is -2.33. The molecule has 1 amide bonds. The van der Waals surface area contributed by atoms with Gasteiger partial charge in [0, 0.05) is 0 Å². The largest absolute Gasteiger partial charge is 0.433 e. The number of benzene rings is 1. The van der Waals surface area contributed by atoms with E-state index < -0.39 is 46.4 Å². The molecular weight excluding hydrogens is 465 g/mol. The highest BCUT2D eigenvalue weighted by atomic mass is 19.4. The molecule has 13 heteroatoms. The summed E-state index contributed by atoms with van der Waals surface area (Å²) in [6, 6.07) is 5.80. The Morgan fingerprint density at radius 2 is 1.79 bits per heavy atom. The maximum atomic E-state index is 13.8.